The van der Waals surface area contributed by atoms with Gasteiger partial charge in [-0.15, -0.1) is 0 Å². The SMILES string of the molecule is Cc1cc(OCCCS(C)(=O)=O)cc(C)c1-c1cccc(-c2ccc3cc(/C=C/C(=O)O)c(F)cc3n2)c1. The van der Waals surface area contributed by atoms with Crippen LogP contribution in [-0.2, 0) is 14.6 Å². The number of aliphatic carboxylic acids is 1. The van der Waals surface area contributed by atoms with Gasteiger partial charge in [-0.1, -0.05) is 24.3 Å². The lowest BCUT2D eigenvalue weighted by molar-refractivity contribution is -0.131. The van der Waals surface area contributed by atoms with Gasteiger partial charge in [0.2, 0.25) is 0 Å². The molecule has 0 fully saturated rings. The van der Waals surface area contributed by atoms with Crippen molar-refractivity contribution in [1.29, 1.82) is 0 Å². The number of fused-ring (bicyclic) bond motifs is 1. The van der Waals surface area contributed by atoms with Gasteiger partial charge in [0.25, 0.3) is 0 Å². The number of hydrogen-bond donors (Lipinski definition) is 1. The number of aromatic nitrogens is 1. The maximum atomic E-state index is 14.5. The fourth-order valence-corrected chi connectivity index (χ4v) is 5.06. The number of sulfone groups is 1. The summed E-state index contributed by atoms with van der Waals surface area (Å²) in [6, 6.07) is 18.4. The topological polar surface area (TPSA) is 93.6 Å². The number of pyridine rings is 1. The highest BCUT2D eigenvalue weighted by Crippen LogP contribution is 2.33. The minimum atomic E-state index is -3.01. The van der Waals surface area contributed by atoms with Crippen LogP contribution in [0.25, 0.3) is 39.4 Å². The molecular formula is C30H28FNO5S. The van der Waals surface area contributed by atoms with Gasteiger partial charge in [0.05, 0.1) is 23.6 Å². The van der Waals surface area contributed by atoms with Crippen molar-refractivity contribution in [3.05, 3.63) is 89.2 Å². The zero-order valence-electron chi connectivity index (χ0n) is 21.4. The summed E-state index contributed by atoms with van der Waals surface area (Å²) in [5, 5.41) is 9.52. The molecule has 0 amide bonds. The monoisotopic (exact) mass is 533 g/mol. The van der Waals surface area contributed by atoms with E-state index in [9.17, 15) is 17.6 Å². The second-order valence-electron chi connectivity index (χ2n) is 9.28. The molecule has 0 atom stereocenters. The van der Waals surface area contributed by atoms with Gasteiger partial charge in [0.15, 0.2) is 0 Å². The fraction of sp³-hybridized carbons (Fsp3) is 0.200. The highest BCUT2D eigenvalue weighted by atomic mass is 32.2. The molecule has 0 aliphatic carbocycles. The first-order valence-corrected chi connectivity index (χ1v) is 14.1. The highest BCUT2D eigenvalue weighted by molar-refractivity contribution is 7.90. The molecule has 6 nitrogen and oxygen atoms in total. The van der Waals surface area contributed by atoms with Crippen molar-refractivity contribution < 1.29 is 27.4 Å². The Morgan fingerprint density at radius 2 is 1.74 bits per heavy atom. The van der Waals surface area contributed by atoms with E-state index in [0.29, 0.717) is 35.4 Å². The van der Waals surface area contributed by atoms with E-state index in [1.165, 1.54) is 18.4 Å². The molecule has 0 aliphatic heterocycles. The van der Waals surface area contributed by atoms with Gasteiger partial charge in [-0.2, -0.15) is 0 Å². The number of carboxylic acid groups (broad SMARTS) is 1. The van der Waals surface area contributed by atoms with Crippen LogP contribution < -0.4 is 4.74 Å². The van der Waals surface area contributed by atoms with E-state index >= 15 is 0 Å². The van der Waals surface area contributed by atoms with Crippen molar-refractivity contribution in [2.45, 2.75) is 20.3 Å². The van der Waals surface area contributed by atoms with Gasteiger partial charge in [0, 0.05) is 34.9 Å². The Labute approximate surface area is 221 Å². The molecule has 0 unspecified atom stereocenters. The summed E-state index contributed by atoms with van der Waals surface area (Å²) in [6.45, 7) is 4.34. The Morgan fingerprint density at radius 3 is 2.42 bits per heavy atom. The second-order valence-corrected chi connectivity index (χ2v) is 11.5. The number of hydrogen-bond acceptors (Lipinski definition) is 5. The summed E-state index contributed by atoms with van der Waals surface area (Å²) in [5.74, 6) is -0.897. The molecule has 0 saturated carbocycles. The molecule has 38 heavy (non-hydrogen) atoms. The number of ether oxygens (including phenoxy) is 1. The van der Waals surface area contributed by atoms with Crippen molar-refractivity contribution in [2.24, 2.45) is 0 Å². The summed E-state index contributed by atoms with van der Waals surface area (Å²) in [6.07, 6.45) is 3.78. The number of aryl methyl sites for hydroxylation is 2. The maximum Gasteiger partial charge on any atom is 0.328 e. The average molecular weight is 534 g/mol. The Kier molecular flexibility index (Phi) is 7.92. The molecule has 4 aromatic rings. The zero-order valence-corrected chi connectivity index (χ0v) is 22.2. The molecule has 3 aromatic carbocycles. The third kappa shape index (κ3) is 6.63. The van der Waals surface area contributed by atoms with Gasteiger partial charge < -0.3 is 9.84 Å². The quantitative estimate of drug-likeness (QED) is 0.202. The lowest BCUT2D eigenvalue weighted by Crippen LogP contribution is -2.08. The summed E-state index contributed by atoms with van der Waals surface area (Å²) in [4.78, 5) is 15.4. The number of nitrogens with zero attached hydrogens (tertiary/aromatic N) is 1. The molecule has 0 bridgehead atoms. The predicted molar refractivity (Wildman–Crippen MR) is 149 cm³/mol. The first-order valence-electron chi connectivity index (χ1n) is 12.0. The Bertz CT molecular complexity index is 1640. The maximum absolute atomic E-state index is 14.5. The molecule has 1 aromatic heterocycles. The van der Waals surface area contributed by atoms with Crippen LogP contribution in [0.5, 0.6) is 5.75 Å². The van der Waals surface area contributed by atoms with Crippen LogP contribution in [0.2, 0.25) is 0 Å². The van der Waals surface area contributed by atoms with Crippen molar-refractivity contribution in [1.82, 2.24) is 4.98 Å². The van der Waals surface area contributed by atoms with Crippen LogP contribution in [0.4, 0.5) is 4.39 Å². The third-order valence-electron chi connectivity index (χ3n) is 6.09. The second kappa shape index (κ2) is 11.1. The van der Waals surface area contributed by atoms with Gasteiger partial charge in [-0.3, -0.25) is 0 Å². The average Bonchev–Trinajstić information content (AvgIpc) is 2.84. The van der Waals surface area contributed by atoms with Gasteiger partial charge in [-0.25, -0.2) is 22.6 Å². The van der Waals surface area contributed by atoms with Crippen LogP contribution in [0, 0.1) is 19.7 Å². The minimum Gasteiger partial charge on any atom is -0.494 e. The largest absolute Gasteiger partial charge is 0.494 e. The van der Waals surface area contributed by atoms with E-state index in [0.717, 1.165) is 33.9 Å². The molecule has 0 radical (unpaired) electrons. The van der Waals surface area contributed by atoms with Crippen LogP contribution in [0.3, 0.4) is 0 Å². The molecule has 1 heterocycles. The third-order valence-corrected chi connectivity index (χ3v) is 7.12. The lowest BCUT2D eigenvalue weighted by Gasteiger charge is -2.15. The summed E-state index contributed by atoms with van der Waals surface area (Å²) in [5.41, 5.74) is 6.34. The van der Waals surface area contributed by atoms with E-state index in [1.807, 2.05) is 62.4 Å². The van der Waals surface area contributed by atoms with Gasteiger partial charge >= 0.3 is 5.97 Å². The Hall–Kier alpha value is -4.04. The fourth-order valence-electron chi connectivity index (χ4n) is 4.42. The summed E-state index contributed by atoms with van der Waals surface area (Å²) in [7, 11) is -3.01. The zero-order chi connectivity index (χ0) is 27.4. The van der Waals surface area contributed by atoms with E-state index in [1.54, 1.807) is 6.07 Å². The van der Waals surface area contributed by atoms with E-state index in [2.05, 4.69) is 4.98 Å². The number of carbonyl (C=O) groups is 1. The van der Waals surface area contributed by atoms with Crippen molar-refractivity contribution in [2.75, 3.05) is 18.6 Å². The normalized spacial score (nSPS) is 11.8. The number of carboxylic acids is 1. The number of benzene rings is 3. The molecule has 0 saturated heterocycles. The molecule has 196 valence electrons. The standard InChI is InChI=1S/C30H28FNO5S/c1-19-14-25(37-12-5-13-38(3,35)36)15-20(2)30(19)24-7-4-6-22(17-24)27-10-8-23-16-21(9-11-29(33)34)26(31)18-28(23)32-27/h4,6-11,14-18H,5,12-13H2,1-3H3,(H,33,34)/b11-9+. The first-order chi connectivity index (χ1) is 18.0. The van der Waals surface area contributed by atoms with E-state index in [-0.39, 0.29) is 11.3 Å². The number of rotatable bonds is 9. The van der Waals surface area contributed by atoms with Gasteiger partial charge in [-0.05, 0) is 78.9 Å². The Morgan fingerprint density at radius 1 is 1.03 bits per heavy atom. The lowest BCUT2D eigenvalue weighted by atomic mass is 9.93. The Balaban J connectivity index is 1.60. The predicted octanol–water partition coefficient (Wildman–Crippen LogP) is 6.24. The van der Waals surface area contributed by atoms with Crippen LogP contribution in [0.1, 0.15) is 23.1 Å². The minimum absolute atomic E-state index is 0.0915. The molecule has 0 aliphatic rings. The summed E-state index contributed by atoms with van der Waals surface area (Å²) < 4.78 is 43.0. The van der Waals surface area contributed by atoms with Crippen molar-refractivity contribution >= 4 is 32.8 Å². The van der Waals surface area contributed by atoms with Crippen LogP contribution in [-0.4, -0.2) is 43.1 Å². The molecular weight excluding hydrogens is 505 g/mol. The van der Waals surface area contributed by atoms with Crippen molar-refractivity contribution in [3.8, 4) is 28.1 Å². The van der Waals surface area contributed by atoms with E-state index in [4.69, 9.17) is 9.84 Å². The van der Waals surface area contributed by atoms with Gasteiger partial charge in [0.1, 0.15) is 21.4 Å². The molecule has 0 spiro atoms. The summed E-state index contributed by atoms with van der Waals surface area (Å²) >= 11 is 0. The first kappa shape index (κ1) is 27.0. The highest BCUT2D eigenvalue weighted by Gasteiger charge is 2.12. The molecule has 8 heteroatoms. The van der Waals surface area contributed by atoms with Crippen molar-refractivity contribution in [3.63, 3.8) is 0 Å². The molecule has 4 rings (SSSR count). The van der Waals surface area contributed by atoms with Crippen LogP contribution >= 0.6 is 0 Å². The smallest absolute Gasteiger partial charge is 0.328 e. The molecule has 1 N–H and O–H groups in total. The number of halogens is 1. The van der Waals surface area contributed by atoms with E-state index < -0.39 is 21.6 Å². The van der Waals surface area contributed by atoms with Crippen LogP contribution in [0.15, 0.2) is 66.7 Å².